The maximum Gasteiger partial charge on any atom is 0.328 e. The van der Waals surface area contributed by atoms with E-state index >= 15 is 0 Å². The number of rotatable bonds is 3. The standard InChI is InChI=1S/C9H14N4O3/c10-9-11-6-13(12-9)4-8(14)16-7-2-1-3-15-5-7/h6-7H,1-5H2,(H2,10,12). The van der Waals surface area contributed by atoms with E-state index in [-0.39, 0.29) is 24.6 Å². The Morgan fingerprint density at radius 2 is 2.62 bits per heavy atom. The molecule has 0 spiro atoms. The molecule has 7 nitrogen and oxygen atoms in total. The van der Waals surface area contributed by atoms with Crippen molar-refractivity contribution in [2.75, 3.05) is 18.9 Å². The molecule has 0 amide bonds. The number of hydrogen-bond donors (Lipinski definition) is 1. The van der Waals surface area contributed by atoms with Crippen LogP contribution in [-0.4, -0.2) is 40.1 Å². The zero-order chi connectivity index (χ0) is 11.4. The van der Waals surface area contributed by atoms with Crippen LogP contribution in [0.2, 0.25) is 0 Å². The molecule has 0 aromatic carbocycles. The van der Waals surface area contributed by atoms with Crippen LogP contribution in [-0.2, 0) is 20.8 Å². The van der Waals surface area contributed by atoms with Crippen molar-refractivity contribution >= 4 is 11.9 Å². The van der Waals surface area contributed by atoms with Crippen molar-refractivity contribution in [2.45, 2.75) is 25.5 Å². The predicted octanol–water partition coefficient (Wildman–Crippen LogP) is -0.418. The van der Waals surface area contributed by atoms with Gasteiger partial charge in [-0.05, 0) is 12.8 Å². The minimum absolute atomic E-state index is 0.0285. The summed E-state index contributed by atoms with van der Waals surface area (Å²) in [6.07, 6.45) is 3.04. The van der Waals surface area contributed by atoms with Gasteiger partial charge in [-0.2, -0.15) is 0 Å². The van der Waals surface area contributed by atoms with Crippen molar-refractivity contribution in [3.63, 3.8) is 0 Å². The van der Waals surface area contributed by atoms with Gasteiger partial charge in [0, 0.05) is 6.61 Å². The Kier molecular flexibility index (Phi) is 3.35. The largest absolute Gasteiger partial charge is 0.459 e. The highest BCUT2D eigenvalue weighted by Crippen LogP contribution is 2.10. The van der Waals surface area contributed by atoms with Crippen LogP contribution >= 0.6 is 0 Å². The van der Waals surface area contributed by atoms with Crippen molar-refractivity contribution in [3.8, 4) is 0 Å². The van der Waals surface area contributed by atoms with E-state index < -0.39 is 0 Å². The average Bonchev–Trinajstić information content (AvgIpc) is 2.65. The number of hydrogen-bond acceptors (Lipinski definition) is 6. The lowest BCUT2D eigenvalue weighted by Crippen LogP contribution is -2.29. The summed E-state index contributed by atoms with van der Waals surface area (Å²) in [7, 11) is 0. The lowest BCUT2D eigenvalue weighted by molar-refractivity contribution is -0.156. The van der Waals surface area contributed by atoms with Gasteiger partial charge in [0.25, 0.3) is 0 Å². The zero-order valence-electron chi connectivity index (χ0n) is 8.83. The van der Waals surface area contributed by atoms with E-state index in [4.69, 9.17) is 15.2 Å². The maximum atomic E-state index is 11.5. The summed E-state index contributed by atoms with van der Waals surface area (Å²) in [5.41, 5.74) is 5.32. The molecule has 1 atom stereocenters. The van der Waals surface area contributed by atoms with Crippen molar-refractivity contribution in [2.24, 2.45) is 0 Å². The zero-order valence-corrected chi connectivity index (χ0v) is 8.83. The van der Waals surface area contributed by atoms with E-state index in [1.165, 1.54) is 11.0 Å². The Morgan fingerprint density at radius 3 is 3.25 bits per heavy atom. The molecule has 0 bridgehead atoms. The highest BCUT2D eigenvalue weighted by atomic mass is 16.6. The molecular weight excluding hydrogens is 212 g/mol. The number of ether oxygens (including phenoxy) is 2. The predicted molar refractivity (Wildman–Crippen MR) is 54.4 cm³/mol. The molecule has 1 aromatic heterocycles. The Morgan fingerprint density at radius 1 is 1.75 bits per heavy atom. The minimum Gasteiger partial charge on any atom is -0.459 e. The first kappa shape index (κ1) is 10.9. The Labute approximate surface area is 92.5 Å². The van der Waals surface area contributed by atoms with E-state index in [1.807, 2.05) is 0 Å². The van der Waals surface area contributed by atoms with E-state index in [1.54, 1.807) is 0 Å². The molecule has 88 valence electrons. The van der Waals surface area contributed by atoms with Gasteiger partial charge in [-0.15, -0.1) is 5.10 Å². The molecule has 2 rings (SSSR count). The second-order valence-corrected chi connectivity index (χ2v) is 3.63. The highest BCUT2D eigenvalue weighted by Gasteiger charge is 2.18. The van der Waals surface area contributed by atoms with Gasteiger partial charge in [-0.1, -0.05) is 0 Å². The highest BCUT2D eigenvalue weighted by molar-refractivity contribution is 5.69. The number of carbonyl (C=O) groups is 1. The van der Waals surface area contributed by atoms with Gasteiger partial charge >= 0.3 is 5.97 Å². The molecule has 7 heteroatoms. The van der Waals surface area contributed by atoms with Gasteiger partial charge in [-0.3, -0.25) is 4.79 Å². The molecule has 16 heavy (non-hydrogen) atoms. The van der Waals surface area contributed by atoms with Gasteiger partial charge in [0.15, 0.2) is 0 Å². The molecule has 0 saturated carbocycles. The summed E-state index contributed by atoms with van der Waals surface area (Å²) in [5.74, 6) is -0.200. The third-order valence-electron chi connectivity index (χ3n) is 2.26. The maximum absolute atomic E-state index is 11.5. The van der Waals surface area contributed by atoms with E-state index in [0.29, 0.717) is 6.61 Å². The number of anilines is 1. The Hall–Kier alpha value is -1.63. The second-order valence-electron chi connectivity index (χ2n) is 3.63. The summed E-state index contributed by atoms with van der Waals surface area (Å²) < 4.78 is 11.8. The smallest absolute Gasteiger partial charge is 0.328 e. The Bertz CT molecular complexity index is 359. The van der Waals surface area contributed by atoms with Crippen LogP contribution in [0.1, 0.15) is 12.8 Å². The number of aromatic nitrogens is 3. The van der Waals surface area contributed by atoms with Crippen molar-refractivity contribution in [3.05, 3.63) is 6.33 Å². The molecule has 1 unspecified atom stereocenters. The van der Waals surface area contributed by atoms with Crippen LogP contribution in [0.25, 0.3) is 0 Å². The summed E-state index contributed by atoms with van der Waals surface area (Å²) >= 11 is 0. The first-order valence-electron chi connectivity index (χ1n) is 5.16. The lowest BCUT2D eigenvalue weighted by Gasteiger charge is -2.22. The molecule has 2 N–H and O–H groups in total. The van der Waals surface area contributed by atoms with E-state index in [0.717, 1.165) is 19.4 Å². The molecule has 0 radical (unpaired) electrons. The summed E-state index contributed by atoms with van der Waals surface area (Å²) in [6, 6.07) is 0. The van der Waals surface area contributed by atoms with Gasteiger partial charge < -0.3 is 15.2 Å². The van der Waals surface area contributed by atoms with Gasteiger partial charge in [0.2, 0.25) is 5.95 Å². The number of nitrogens with zero attached hydrogens (tertiary/aromatic N) is 3. The van der Waals surface area contributed by atoms with Crippen LogP contribution < -0.4 is 5.73 Å². The van der Waals surface area contributed by atoms with Crippen LogP contribution in [0.3, 0.4) is 0 Å². The number of esters is 1. The lowest BCUT2D eigenvalue weighted by atomic mass is 10.2. The summed E-state index contributed by atoms with van der Waals surface area (Å²) in [4.78, 5) is 15.2. The third kappa shape index (κ3) is 2.93. The number of carbonyl (C=O) groups excluding carboxylic acids is 1. The SMILES string of the molecule is Nc1ncn(CC(=O)OC2CCCOC2)n1. The van der Waals surface area contributed by atoms with E-state index in [9.17, 15) is 4.79 Å². The van der Waals surface area contributed by atoms with E-state index in [2.05, 4.69) is 10.1 Å². The molecule has 1 aliphatic rings. The van der Waals surface area contributed by atoms with Crippen molar-refractivity contribution in [1.82, 2.24) is 14.8 Å². The Balaban J connectivity index is 1.79. The number of nitrogens with two attached hydrogens (primary N) is 1. The molecule has 1 aromatic rings. The molecule has 1 saturated heterocycles. The van der Waals surface area contributed by atoms with Gasteiger partial charge in [0.05, 0.1) is 6.61 Å². The summed E-state index contributed by atoms with van der Waals surface area (Å²) in [5, 5.41) is 3.79. The average molecular weight is 226 g/mol. The van der Waals surface area contributed by atoms with Crippen LogP contribution in [0, 0.1) is 0 Å². The molecular formula is C9H14N4O3. The molecule has 1 fully saturated rings. The fourth-order valence-electron chi connectivity index (χ4n) is 1.54. The quantitative estimate of drug-likeness (QED) is 0.704. The van der Waals surface area contributed by atoms with Gasteiger partial charge in [-0.25, -0.2) is 9.67 Å². The first-order valence-corrected chi connectivity index (χ1v) is 5.16. The van der Waals surface area contributed by atoms with Crippen molar-refractivity contribution in [1.29, 1.82) is 0 Å². The third-order valence-corrected chi connectivity index (χ3v) is 2.26. The molecule has 2 heterocycles. The minimum atomic E-state index is -0.347. The number of nitrogen functional groups attached to an aromatic ring is 1. The van der Waals surface area contributed by atoms with Crippen LogP contribution in [0.15, 0.2) is 6.33 Å². The normalized spacial score (nSPS) is 20.6. The second kappa shape index (κ2) is 4.93. The summed E-state index contributed by atoms with van der Waals surface area (Å²) in [6.45, 7) is 1.25. The van der Waals surface area contributed by atoms with Gasteiger partial charge in [0.1, 0.15) is 19.0 Å². The fourth-order valence-corrected chi connectivity index (χ4v) is 1.54. The van der Waals surface area contributed by atoms with Crippen molar-refractivity contribution < 1.29 is 14.3 Å². The molecule has 0 aliphatic carbocycles. The first-order chi connectivity index (χ1) is 7.74. The van der Waals surface area contributed by atoms with Crippen LogP contribution in [0.4, 0.5) is 5.95 Å². The topological polar surface area (TPSA) is 92.3 Å². The van der Waals surface area contributed by atoms with Crippen LogP contribution in [0.5, 0.6) is 0 Å². The fraction of sp³-hybridized carbons (Fsp3) is 0.667. The molecule has 1 aliphatic heterocycles. The monoisotopic (exact) mass is 226 g/mol.